The molecule has 2 fully saturated rings. The maximum Gasteiger partial charge on any atom is 0.326 e. The summed E-state index contributed by atoms with van der Waals surface area (Å²) in [5.74, 6) is -3.55. The van der Waals surface area contributed by atoms with Gasteiger partial charge in [0.2, 0.25) is 11.8 Å². The normalized spacial score (nSPS) is 24.0. The molecule has 1 saturated carbocycles. The van der Waals surface area contributed by atoms with Gasteiger partial charge >= 0.3 is 12.0 Å². The Balaban J connectivity index is 2.00. The van der Waals surface area contributed by atoms with Crippen molar-refractivity contribution in [2.75, 3.05) is 6.54 Å². The lowest BCUT2D eigenvalue weighted by Gasteiger charge is -2.21. The Morgan fingerprint density at radius 2 is 1.68 bits per heavy atom. The lowest BCUT2D eigenvalue weighted by Crippen LogP contribution is -2.47. The predicted molar refractivity (Wildman–Crippen MR) is 84.6 cm³/mol. The van der Waals surface area contributed by atoms with Crippen LogP contribution in [-0.2, 0) is 23.9 Å². The highest BCUT2D eigenvalue weighted by molar-refractivity contribution is 6.07. The fourth-order valence-electron chi connectivity index (χ4n) is 3.38. The van der Waals surface area contributed by atoms with Gasteiger partial charge in [-0.3, -0.25) is 29.4 Å². The Bertz CT molecular complexity index is 579. The Hall–Kier alpha value is -2.45. The van der Waals surface area contributed by atoms with Gasteiger partial charge in [-0.15, -0.1) is 0 Å². The van der Waals surface area contributed by atoms with Gasteiger partial charge in [0.1, 0.15) is 6.54 Å². The van der Waals surface area contributed by atoms with Crippen molar-refractivity contribution in [3.63, 3.8) is 0 Å². The minimum absolute atomic E-state index is 0.352. The van der Waals surface area contributed by atoms with Crippen molar-refractivity contribution in [1.29, 1.82) is 0 Å². The second-order valence-electron chi connectivity index (χ2n) is 6.77. The molecule has 3 N–H and O–H groups in total. The number of nitrogens with two attached hydrogens (primary N) is 1. The molecule has 0 aromatic carbocycles. The molecule has 0 aromatic heterocycles. The summed E-state index contributed by atoms with van der Waals surface area (Å²) < 4.78 is 5.08. The topological polar surface area (TPSA) is 136 Å². The van der Waals surface area contributed by atoms with Crippen LogP contribution in [0.3, 0.4) is 0 Å². The predicted octanol–water partition coefficient (Wildman–Crippen LogP) is -0.0757. The Morgan fingerprint density at radius 3 is 2.12 bits per heavy atom. The van der Waals surface area contributed by atoms with Crippen molar-refractivity contribution in [2.24, 2.45) is 23.5 Å². The first kappa shape index (κ1) is 18.9. The summed E-state index contributed by atoms with van der Waals surface area (Å²) >= 11 is 0. The van der Waals surface area contributed by atoms with E-state index in [1.807, 2.05) is 5.32 Å². The highest BCUT2D eigenvalue weighted by Crippen LogP contribution is 2.37. The van der Waals surface area contributed by atoms with Crippen LogP contribution in [0, 0.1) is 17.8 Å². The van der Waals surface area contributed by atoms with Crippen molar-refractivity contribution in [1.82, 2.24) is 10.2 Å². The smallest absolute Gasteiger partial charge is 0.326 e. The van der Waals surface area contributed by atoms with E-state index in [1.54, 1.807) is 13.8 Å². The molecule has 0 spiro atoms. The number of likely N-dealkylation sites (tertiary alicyclic amines) is 1. The van der Waals surface area contributed by atoms with E-state index < -0.39 is 36.5 Å². The number of urea groups is 1. The monoisotopic (exact) mass is 353 g/mol. The van der Waals surface area contributed by atoms with Gasteiger partial charge in [-0.25, -0.2) is 4.79 Å². The molecule has 2 rings (SSSR count). The van der Waals surface area contributed by atoms with Gasteiger partial charge < -0.3 is 10.5 Å². The number of nitrogens with zero attached hydrogens (tertiary/aromatic N) is 1. The van der Waals surface area contributed by atoms with Crippen LogP contribution in [-0.4, -0.2) is 47.3 Å². The minimum atomic E-state index is -1.24. The second kappa shape index (κ2) is 7.62. The molecule has 9 heteroatoms. The maximum atomic E-state index is 12.3. The van der Waals surface area contributed by atoms with Crippen LogP contribution in [0.1, 0.15) is 39.5 Å². The maximum absolute atomic E-state index is 12.3. The molecule has 1 heterocycles. The van der Waals surface area contributed by atoms with Gasteiger partial charge in [0.05, 0.1) is 11.8 Å². The summed E-state index contributed by atoms with van der Waals surface area (Å²) in [6, 6.07) is -1.05. The van der Waals surface area contributed by atoms with Crippen LogP contribution < -0.4 is 11.1 Å². The van der Waals surface area contributed by atoms with Crippen LogP contribution >= 0.6 is 0 Å². The molecule has 0 bridgehead atoms. The van der Waals surface area contributed by atoms with Crippen LogP contribution in [0.5, 0.6) is 0 Å². The van der Waals surface area contributed by atoms with E-state index >= 15 is 0 Å². The summed E-state index contributed by atoms with van der Waals surface area (Å²) in [4.78, 5) is 60.4. The van der Waals surface area contributed by atoms with Crippen molar-refractivity contribution in [2.45, 2.75) is 45.6 Å². The average molecular weight is 353 g/mol. The number of carbonyl (C=O) groups is 5. The number of amides is 5. The van der Waals surface area contributed by atoms with E-state index in [9.17, 15) is 24.0 Å². The summed E-state index contributed by atoms with van der Waals surface area (Å²) in [5.41, 5.74) is 4.89. The molecule has 9 nitrogen and oxygen atoms in total. The highest BCUT2D eigenvalue weighted by Gasteiger charge is 2.48. The standard InChI is InChI=1S/C16H23N3O6/c1-8(2)12(13(21)18-16(17)24)25-11(20)7-19-14(22)9-5-3-4-6-10(9)15(19)23/h8-10,12H,3-7H2,1-2H3,(H3,17,18,21,24)/t9-,10+,12-/m1/s1. The van der Waals surface area contributed by atoms with Crippen molar-refractivity contribution < 1.29 is 28.7 Å². The number of hydrogen-bond acceptors (Lipinski definition) is 6. The van der Waals surface area contributed by atoms with Crippen LogP contribution in [0.2, 0.25) is 0 Å². The van der Waals surface area contributed by atoms with E-state index in [0.29, 0.717) is 12.8 Å². The van der Waals surface area contributed by atoms with Crippen molar-refractivity contribution in [3.8, 4) is 0 Å². The fourth-order valence-corrected chi connectivity index (χ4v) is 3.38. The van der Waals surface area contributed by atoms with Gasteiger partial charge in [-0.1, -0.05) is 26.7 Å². The lowest BCUT2D eigenvalue weighted by molar-refractivity contribution is -0.162. The molecule has 0 radical (unpaired) electrons. The molecule has 25 heavy (non-hydrogen) atoms. The average Bonchev–Trinajstić information content (AvgIpc) is 2.77. The summed E-state index contributed by atoms with van der Waals surface area (Å²) in [6.45, 7) is 2.72. The van der Waals surface area contributed by atoms with Crippen molar-refractivity contribution >= 4 is 29.7 Å². The molecule has 5 amide bonds. The number of fused-ring (bicyclic) bond motifs is 1. The number of carbonyl (C=O) groups excluding carboxylic acids is 5. The molecule has 1 aliphatic heterocycles. The zero-order chi connectivity index (χ0) is 18.7. The zero-order valence-corrected chi connectivity index (χ0v) is 14.3. The Labute approximate surface area is 145 Å². The van der Waals surface area contributed by atoms with Gasteiger partial charge in [-0.05, 0) is 18.8 Å². The van der Waals surface area contributed by atoms with Gasteiger partial charge in [0.25, 0.3) is 5.91 Å². The summed E-state index contributed by atoms with van der Waals surface area (Å²) in [6.07, 6.45) is 1.84. The van der Waals surface area contributed by atoms with Gasteiger partial charge in [0, 0.05) is 0 Å². The zero-order valence-electron chi connectivity index (χ0n) is 14.3. The van der Waals surface area contributed by atoms with E-state index in [0.717, 1.165) is 17.7 Å². The third-order valence-corrected chi connectivity index (χ3v) is 4.59. The molecule has 1 saturated heterocycles. The molecule has 0 unspecified atom stereocenters. The molecular weight excluding hydrogens is 330 g/mol. The van der Waals surface area contributed by atoms with E-state index in [-0.39, 0.29) is 23.7 Å². The minimum Gasteiger partial charge on any atom is -0.451 e. The molecule has 3 atom stereocenters. The van der Waals surface area contributed by atoms with E-state index in [4.69, 9.17) is 10.5 Å². The number of imide groups is 2. The van der Waals surface area contributed by atoms with Crippen LogP contribution in [0.25, 0.3) is 0 Å². The fraction of sp³-hybridized carbons (Fsp3) is 0.688. The lowest BCUT2D eigenvalue weighted by atomic mass is 9.81. The second-order valence-corrected chi connectivity index (χ2v) is 6.77. The summed E-state index contributed by atoms with van der Waals surface area (Å²) in [7, 11) is 0. The molecular formula is C16H23N3O6. The Morgan fingerprint density at radius 1 is 1.16 bits per heavy atom. The number of primary amides is 1. The molecule has 138 valence electrons. The van der Waals surface area contributed by atoms with Gasteiger partial charge in [-0.2, -0.15) is 0 Å². The number of rotatable bonds is 5. The first-order valence-corrected chi connectivity index (χ1v) is 8.37. The largest absolute Gasteiger partial charge is 0.451 e. The Kier molecular flexibility index (Phi) is 5.76. The van der Waals surface area contributed by atoms with Crippen molar-refractivity contribution in [3.05, 3.63) is 0 Å². The summed E-state index contributed by atoms with van der Waals surface area (Å²) in [5, 5.41) is 1.86. The first-order chi connectivity index (χ1) is 11.7. The molecule has 1 aliphatic carbocycles. The molecule has 0 aromatic rings. The van der Waals surface area contributed by atoms with E-state index in [2.05, 4.69) is 0 Å². The third-order valence-electron chi connectivity index (χ3n) is 4.59. The quantitative estimate of drug-likeness (QED) is 0.524. The third kappa shape index (κ3) is 4.15. The van der Waals surface area contributed by atoms with E-state index in [1.165, 1.54) is 0 Å². The highest BCUT2D eigenvalue weighted by atomic mass is 16.5. The first-order valence-electron chi connectivity index (χ1n) is 8.37. The number of hydrogen-bond donors (Lipinski definition) is 2. The SMILES string of the molecule is CC(C)[C@@H](OC(=O)CN1C(=O)[C@H]2CCCC[C@H]2C1=O)C(=O)NC(N)=O. The van der Waals surface area contributed by atoms with Gasteiger partial charge in [0.15, 0.2) is 6.10 Å². The molecule has 2 aliphatic rings. The van der Waals surface area contributed by atoms with Crippen LogP contribution in [0.15, 0.2) is 0 Å². The number of nitrogens with one attached hydrogen (secondary N) is 1. The number of esters is 1. The van der Waals surface area contributed by atoms with Crippen LogP contribution in [0.4, 0.5) is 4.79 Å². The number of ether oxygens (including phenoxy) is 1.